The number of hydrogen-bond donors (Lipinski definition) is 1. The summed E-state index contributed by atoms with van der Waals surface area (Å²) in [5, 5.41) is 0. The molecule has 3 aromatic rings. The molecule has 22 heavy (non-hydrogen) atoms. The third-order valence-corrected chi connectivity index (χ3v) is 3.34. The molecule has 0 unspecified atom stereocenters. The molecule has 0 heterocycles. The molecule has 3 rings (SSSR count). The average Bonchev–Trinajstić information content (AvgIpc) is 2.56. The van der Waals surface area contributed by atoms with Gasteiger partial charge in [-0.2, -0.15) is 0 Å². The lowest BCUT2D eigenvalue weighted by Gasteiger charge is -2.09. The van der Waals surface area contributed by atoms with Gasteiger partial charge >= 0.3 is 0 Å². The van der Waals surface area contributed by atoms with E-state index in [-0.39, 0.29) is 0 Å². The van der Waals surface area contributed by atoms with Crippen molar-refractivity contribution < 1.29 is 9.53 Å². The molecule has 2 N–H and O–H groups in total. The maximum absolute atomic E-state index is 11.5. The summed E-state index contributed by atoms with van der Waals surface area (Å²) in [6, 6.07) is 24.5. The summed E-state index contributed by atoms with van der Waals surface area (Å²) in [7, 11) is 0. The molecule has 0 aromatic heterocycles. The molecule has 0 bridgehead atoms. The predicted molar refractivity (Wildman–Crippen MR) is 86.9 cm³/mol. The SMILES string of the molecule is NC(=O)c1ccccc1-c1ccc(Oc2ccccc2)cc1. The average molecular weight is 289 g/mol. The van der Waals surface area contributed by atoms with Gasteiger partial charge in [-0.25, -0.2) is 0 Å². The minimum Gasteiger partial charge on any atom is -0.457 e. The lowest BCUT2D eigenvalue weighted by Crippen LogP contribution is -2.12. The first-order valence-corrected chi connectivity index (χ1v) is 6.96. The van der Waals surface area contributed by atoms with Crippen molar-refractivity contribution in [3.63, 3.8) is 0 Å². The van der Waals surface area contributed by atoms with Gasteiger partial charge in [0, 0.05) is 5.56 Å². The minimum atomic E-state index is -0.430. The van der Waals surface area contributed by atoms with Gasteiger partial charge in [0.1, 0.15) is 11.5 Å². The fourth-order valence-electron chi connectivity index (χ4n) is 2.28. The second-order valence-corrected chi connectivity index (χ2v) is 4.85. The molecule has 0 radical (unpaired) electrons. The van der Waals surface area contributed by atoms with Crippen molar-refractivity contribution in [2.45, 2.75) is 0 Å². The quantitative estimate of drug-likeness (QED) is 0.780. The number of rotatable bonds is 4. The third-order valence-electron chi connectivity index (χ3n) is 3.34. The minimum absolute atomic E-state index is 0.430. The monoisotopic (exact) mass is 289 g/mol. The highest BCUT2D eigenvalue weighted by molar-refractivity contribution is 5.99. The van der Waals surface area contributed by atoms with Gasteiger partial charge in [0.2, 0.25) is 5.91 Å². The fraction of sp³-hybridized carbons (Fsp3) is 0. The van der Waals surface area contributed by atoms with Gasteiger partial charge in [-0.05, 0) is 41.5 Å². The van der Waals surface area contributed by atoms with E-state index in [4.69, 9.17) is 10.5 Å². The van der Waals surface area contributed by atoms with Crippen LogP contribution < -0.4 is 10.5 Å². The highest BCUT2D eigenvalue weighted by Crippen LogP contribution is 2.27. The molecule has 0 aliphatic heterocycles. The van der Waals surface area contributed by atoms with Gasteiger partial charge in [-0.1, -0.05) is 48.5 Å². The summed E-state index contributed by atoms with van der Waals surface area (Å²) in [6.07, 6.45) is 0. The Labute approximate surface area is 129 Å². The van der Waals surface area contributed by atoms with Crippen LogP contribution in [0.2, 0.25) is 0 Å². The summed E-state index contributed by atoms with van der Waals surface area (Å²) in [5.74, 6) is 1.10. The molecule has 0 aliphatic carbocycles. The molecule has 0 spiro atoms. The van der Waals surface area contributed by atoms with Gasteiger partial charge in [0.05, 0.1) is 0 Å². The highest BCUT2D eigenvalue weighted by Gasteiger charge is 2.09. The maximum Gasteiger partial charge on any atom is 0.249 e. The summed E-state index contributed by atoms with van der Waals surface area (Å²) < 4.78 is 5.76. The van der Waals surface area contributed by atoms with E-state index in [9.17, 15) is 4.79 Å². The molecule has 0 saturated heterocycles. The van der Waals surface area contributed by atoms with Crippen molar-refractivity contribution in [1.82, 2.24) is 0 Å². The molecule has 0 saturated carbocycles. The van der Waals surface area contributed by atoms with Crippen LogP contribution in [0.3, 0.4) is 0 Å². The van der Waals surface area contributed by atoms with Crippen LogP contribution in [0.1, 0.15) is 10.4 Å². The van der Waals surface area contributed by atoms with Crippen molar-refractivity contribution >= 4 is 5.91 Å². The summed E-state index contributed by atoms with van der Waals surface area (Å²) >= 11 is 0. The van der Waals surface area contributed by atoms with E-state index in [1.807, 2.05) is 66.7 Å². The van der Waals surface area contributed by atoms with Gasteiger partial charge < -0.3 is 10.5 Å². The lowest BCUT2D eigenvalue weighted by atomic mass is 9.99. The molecule has 3 heteroatoms. The second-order valence-electron chi connectivity index (χ2n) is 4.85. The normalized spacial score (nSPS) is 10.2. The van der Waals surface area contributed by atoms with Gasteiger partial charge in [0.25, 0.3) is 0 Å². The number of carbonyl (C=O) groups is 1. The van der Waals surface area contributed by atoms with Crippen LogP contribution in [0, 0.1) is 0 Å². The maximum atomic E-state index is 11.5. The van der Waals surface area contributed by atoms with E-state index >= 15 is 0 Å². The zero-order chi connectivity index (χ0) is 15.4. The van der Waals surface area contributed by atoms with E-state index in [2.05, 4.69) is 0 Å². The Morgan fingerprint density at radius 2 is 1.32 bits per heavy atom. The van der Waals surface area contributed by atoms with E-state index in [0.29, 0.717) is 5.56 Å². The Balaban J connectivity index is 1.87. The molecule has 3 nitrogen and oxygen atoms in total. The number of carbonyl (C=O) groups excluding carboxylic acids is 1. The molecule has 108 valence electrons. The Morgan fingerprint density at radius 3 is 2.00 bits per heavy atom. The summed E-state index contributed by atoms with van der Waals surface area (Å²) in [5.41, 5.74) is 7.68. The lowest BCUT2D eigenvalue weighted by molar-refractivity contribution is 0.100. The number of nitrogens with two attached hydrogens (primary N) is 1. The molecule has 1 amide bonds. The Morgan fingerprint density at radius 1 is 0.727 bits per heavy atom. The Hall–Kier alpha value is -3.07. The van der Waals surface area contributed by atoms with Gasteiger partial charge in [-0.3, -0.25) is 4.79 Å². The van der Waals surface area contributed by atoms with E-state index in [0.717, 1.165) is 22.6 Å². The first kappa shape index (κ1) is 13.9. The number of benzene rings is 3. The molecular weight excluding hydrogens is 274 g/mol. The molecular formula is C19H15NO2. The highest BCUT2D eigenvalue weighted by atomic mass is 16.5. The predicted octanol–water partition coefficient (Wildman–Crippen LogP) is 4.24. The molecule has 0 fully saturated rings. The first-order chi connectivity index (χ1) is 10.7. The third kappa shape index (κ3) is 2.99. The number of hydrogen-bond acceptors (Lipinski definition) is 2. The van der Waals surface area contributed by atoms with E-state index in [1.165, 1.54) is 0 Å². The Kier molecular flexibility index (Phi) is 3.88. The van der Waals surface area contributed by atoms with Gasteiger partial charge in [-0.15, -0.1) is 0 Å². The molecule has 0 aliphatic rings. The van der Waals surface area contributed by atoms with Crippen molar-refractivity contribution in [2.75, 3.05) is 0 Å². The standard InChI is InChI=1S/C19H15NO2/c20-19(21)18-9-5-4-8-17(18)14-10-12-16(13-11-14)22-15-6-2-1-3-7-15/h1-13H,(H2,20,21). The summed E-state index contributed by atoms with van der Waals surface area (Å²) in [4.78, 5) is 11.5. The Bertz CT molecular complexity index is 780. The smallest absolute Gasteiger partial charge is 0.249 e. The van der Waals surface area contributed by atoms with Crippen molar-refractivity contribution in [1.29, 1.82) is 0 Å². The van der Waals surface area contributed by atoms with Gasteiger partial charge in [0.15, 0.2) is 0 Å². The zero-order valence-electron chi connectivity index (χ0n) is 11.9. The van der Waals surface area contributed by atoms with E-state index in [1.54, 1.807) is 12.1 Å². The van der Waals surface area contributed by atoms with Crippen LogP contribution in [-0.4, -0.2) is 5.91 Å². The fourth-order valence-corrected chi connectivity index (χ4v) is 2.28. The van der Waals surface area contributed by atoms with Crippen LogP contribution in [0.4, 0.5) is 0 Å². The number of ether oxygens (including phenoxy) is 1. The van der Waals surface area contributed by atoms with Crippen LogP contribution in [0.5, 0.6) is 11.5 Å². The van der Waals surface area contributed by atoms with Crippen molar-refractivity contribution in [3.05, 3.63) is 84.4 Å². The van der Waals surface area contributed by atoms with Crippen LogP contribution in [0.15, 0.2) is 78.9 Å². The topological polar surface area (TPSA) is 52.3 Å². The van der Waals surface area contributed by atoms with Crippen LogP contribution >= 0.6 is 0 Å². The second kappa shape index (κ2) is 6.14. The van der Waals surface area contributed by atoms with Crippen molar-refractivity contribution in [3.8, 4) is 22.6 Å². The number of primary amides is 1. The van der Waals surface area contributed by atoms with E-state index < -0.39 is 5.91 Å². The summed E-state index contributed by atoms with van der Waals surface area (Å²) in [6.45, 7) is 0. The van der Waals surface area contributed by atoms with Crippen LogP contribution in [-0.2, 0) is 0 Å². The number of para-hydroxylation sites is 1. The molecule has 3 aromatic carbocycles. The number of amides is 1. The molecule has 0 atom stereocenters. The van der Waals surface area contributed by atoms with Crippen molar-refractivity contribution in [2.24, 2.45) is 5.73 Å². The van der Waals surface area contributed by atoms with Crippen LogP contribution in [0.25, 0.3) is 11.1 Å². The first-order valence-electron chi connectivity index (χ1n) is 6.96. The zero-order valence-corrected chi connectivity index (χ0v) is 11.9. The largest absolute Gasteiger partial charge is 0.457 e.